The van der Waals surface area contributed by atoms with Gasteiger partial charge in [-0.1, -0.05) is 146 Å². The van der Waals surface area contributed by atoms with E-state index >= 15 is 0 Å². The highest BCUT2D eigenvalue weighted by atomic mass is 15.0. The molecule has 0 saturated heterocycles. The van der Waals surface area contributed by atoms with E-state index in [4.69, 9.17) is 0 Å². The zero-order valence-electron chi connectivity index (χ0n) is 34.5. The van der Waals surface area contributed by atoms with E-state index in [1.165, 1.54) is 122 Å². The van der Waals surface area contributed by atoms with Crippen LogP contribution < -0.4 is 0 Å². The molecule has 0 amide bonds. The van der Waals surface area contributed by atoms with Crippen molar-refractivity contribution in [2.75, 3.05) is 0 Å². The molecule has 0 unspecified atom stereocenters. The highest BCUT2D eigenvalue weighted by Gasteiger charge is 2.24. The first-order chi connectivity index (χ1) is 31.2. The average Bonchev–Trinajstić information content (AvgIpc) is 4.02. The fraction of sp³-hybridized carbons (Fsp3) is 0.0164. The highest BCUT2D eigenvalue weighted by Crippen LogP contribution is 2.46. The van der Waals surface area contributed by atoms with Gasteiger partial charge in [-0.3, -0.25) is 0 Å². The van der Waals surface area contributed by atoms with Gasteiger partial charge in [0.25, 0.3) is 0 Å². The fourth-order valence-corrected chi connectivity index (χ4v) is 10.4. The predicted molar refractivity (Wildman–Crippen MR) is 265 cm³/mol. The molecule has 294 valence electrons. The van der Waals surface area contributed by atoms with Gasteiger partial charge in [0.2, 0.25) is 0 Å². The lowest BCUT2D eigenvalue weighted by Gasteiger charge is -2.15. The second-order valence-electron chi connectivity index (χ2n) is 16.9. The minimum absolute atomic E-state index is 0.924. The van der Waals surface area contributed by atoms with Crippen molar-refractivity contribution in [3.63, 3.8) is 0 Å². The molecule has 2 aromatic heterocycles. The van der Waals surface area contributed by atoms with Crippen LogP contribution in [0.2, 0.25) is 0 Å². The molecule has 12 aromatic rings. The largest absolute Gasteiger partial charge is 0.309 e. The van der Waals surface area contributed by atoms with Crippen LogP contribution >= 0.6 is 0 Å². The molecule has 0 saturated carbocycles. The van der Waals surface area contributed by atoms with Crippen molar-refractivity contribution >= 4 is 43.6 Å². The minimum Gasteiger partial charge on any atom is -0.309 e. The molecule has 10 aromatic carbocycles. The van der Waals surface area contributed by atoms with Crippen molar-refractivity contribution in [3.8, 4) is 67.0 Å². The van der Waals surface area contributed by atoms with Gasteiger partial charge in [-0.2, -0.15) is 0 Å². The third kappa shape index (κ3) is 5.72. The summed E-state index contributed by atoms with van der Waals surface area (Å²) in [5, 5.41) is 5.04. The first-order valence-corrected chi connectivity index (χ1v) is 21.9. The molecular weight excluding hydrogens is 761 g/mol. The number of rotatable bonds is 6. The Kier molecular flexibility index (Phi) is 8.01. The van der Waals surface area contributed by atoms with Crippen LogP contribution in [0.15, 0.2) is 231 Å². The summed E-state index contributed by atoms with van der Waals surface area (Å²) >= 11 is 0. The Bertz CT molecular complexity index is 3750. The predicted octanol–water partition coefficient (Wildman–Crippen LogP) is 16.1. The van der Waals surface area contributed by atoms with Crippen LogP contribution in [0.5, 0.6) is 0 Å². The first kappa shape index (κ1) is 35.5. The standard InChI is InChI=1S/C61H40N2/c1-3-20-48(21-4-1)62-58-27-11-9-25-51(58)56-35-43(29-31-60(56)62)40-16-13-18-42(33-40)47-38-53(55-37-46-15-7-8-24-50(46)54(55)39-47)45-19-14-17-41(34-45)44-30-32-61-57(36-44)52-26-10-12-28-59(52)63(61)49-22-5-2-6-23-49/h1-36,38-39H,37H2. The second-order valence-corrected chi connectivity index (χ2v) is 16.9. The molecule has 2 heterocycles. The number of para-hydroxylation sites is 4. The van der Waals surface area contributed by atoms with Crippen molar-refractivity contribution in [1.82, 2.24) is 9.13 Å². The SMILES string of the molecule is c1ccc(-n2c3ccccc3c3cc(-c4cccc(-c5cc(-c6cccc(-c7ccc8c(c7)c7ccccc7n8-c7ccccc7)c6)c6c(c5)-c5ccccc5C6)c4)ccc32)cc1. The van der Waals surface area contributed by atoms with Crippen molar-refractivity contribution in [2.45, 2.75) is 6.42 Å². The number of fused-ring (bicyclic) bond motifs is 9. The maximum absolute atomic E-state index is 2.44. The molecule has 2 nitrogen and oxygen atoms in total. The Morgan fingerprint density at radius 3 is 1.30 bits per heavy atom. The average molecular weight is 801 g/mol. The van der Waals surface area contributed by atoms with Gasteiger partial charge in [0, 0.05) is 32.9 Å². The van der Waals surface area contributed by atoms with E-state index in [9.17, 15) is 0 Å². The Morgan fingerprint density at radius 2 is 0.698 bits per heavy atom. The van der Waals surface area contributed by atoms with E-state index < -0.39 is 0 Å². The van der Waals surface area contributed by atoms with Gasteiger partial charge in [0.1, 0.15) is 0 Å². The molecular formula is C61H40N2. The normalized spacial score (nSPS) is 12.1. The van der Waals surface area contributed by atoms with Gasteiger partial charge in [-0.05, 0) is 158 Å². The number of benzene rings is 10. The summed E-state index contributed by atoms with van der Waals surface area (Å²) in [5.41, 5.74) is 22.5. The quantitative estimate of drug-likeness (QED) is 0.159. The topological polar surface area (TPSA) is 9.86 Å². The van der Waals surface area contributed by atoms with Gasteiger partial charge in [-0.15, -0.1) is 0 Å². The zero-order chi connectivity index (χ0) is 41.4. The van der Waals surface area contributed by atoms with Gasteiger partial charge in [0.15, 0.2) is 0 Å². The van der Waals surface area contributed by atoms with Crippen molar-refractivity contribution < 1.29 is 0 Å². The van der Waals surface area contributed by atoms with E-state index in [1.807, 2.05) is 0 Å². The molecule has 63 heavy (non-hydrogen) atoms. The molecule has 0 bridgehead atoms. The van der Waals surface area contributed by atoms with E-state index in [1.54, 1.807) is 0 Å². The van der Waals surface area contributed by atoms with Crippen molar-refractivity contribution in [1.29, 1.82) is 0 Å². The van der Waals surface area contributed by atoms with Crippen LogP contribution in [0.4, 0.5) is 0 Å². The first-order valence-electron chi connectivity index (χ1n) is 21.9. The third-order valence-electron chi connectivity index (χ3n) is 13.3. The van der Waals surface area contributed by atoms with Crippen molar-refractivity contribution in [3.05, 3.63) is 242 Å². The number of nitrogens with zero attached hydrogens (tertiary/aromatic N) is 2. The van der Waals surface area contributed by atoms with Gasteiger partial charge >= 0.3 is 0 Å². The third-order valence-corrected chi connectivity index (χ3v) is 13.3. The van der Waals surface area contributed by atoms with Crippen molar-refractivity contribution in [2.24, 2.45) is 0 Å². The van der Waals surface area contributed by atoms with Crippen LogP contribution in [0, 0.1) is 0 Å². The lowest BCUT2D eigenvalue weighted by atomic mass is 9.89. The van der Waals surface area contributed by atoms with Crippen LogP contribution in [-0.4, -0.2) is 9.13 Å². The zero-order valence-corrected chi connectivity index (χ0v) is 34.5. The van der Waals surface area contributed by atoms with E-state index in [0.29, 0.717) is 0 Å². The van der Waals surface area contributed by atoms with E-state index in [0.717, 1.165) is 6.42 Å². The lowest BCUT2D eigenvalue weighted by molar-refractivity contribution is 1.18. The smallest absolute Gasteiger partial charge is 0.0541 e. The molecule has 0 radical (unpaired) electrons. The highest BCUT2D eigenvalue weighted by molar-refractivity contribution is 6.11. The summed E-state index contributed by atoms with van der Waals surface area (Å²) in [4.78, 5) is 0. The number of hydrogen-bond acceptors (Lipinski definition) is 0. The van der Waals surface area contributed by atoms with Gasteiger partial charge in [-0.25, -0.2) is 0 Å². The fourth-order valence-electron chi connectivity index (χ4n) is 10.4. The molecule has 1 aliphatic rings. The second kappa shape index (κ2) is 14.2. The summed E-state index contributed by atoms with van der Waals surface area (Å²) in [6.45, 7) is 0. The van der Waals surface area contributed by atoms with Gasteiger partial charge in [0.05, 0.1) is 22.1 Å². The monoisotopic (exact) mass is 800 g/mol. The Morgan fingerprint density at radius 1 is 0.254 bits per heavy atom. The molecule has 2 heteroatoms. The molecule has 1 aliphatic carbocycles. The lowest BCUT2D eigenvalue weighted by Crippen LogP contribution is -1.93. The summed E-state index contributed by atoms with van der Waals surface area (Å²) in [7, 11) is 0. The molecule has 13 rings (SSSR count). The van der Waals surface area contributed by atoms with Crippen LogP contribution in [0.3, 0.4) is 0 Å². The Labute approximate surface area is 366 Å². The summed E-state index contributed by atoms with van der Waals surface area (Å²) < 4.78 is 4.77. The van der Waals surface area contributed by atoms with Crippen LogP contribution in [-0.2, 0) is 6.42 Å². The van der Waals surface area contributed by atoms with E-state index in [2.05, 4.69) is 240 Å². The Balaban J connectivity index is 0.930. The summed E-state index contributed by atoms with van der Waals surface area (Å²) in [5.74, 6) is 0. The minimum atomic E-state index is 0.924. The molecule has 0 atom stereocenters. The maximum Gasteiger partial charge on any atom is 0.0541 e. The summed E-state index contributed by atoms with van der Waals surface area (Å²) in [6.07, 6.45) is 0.924. The maximum atomic E-state index is 2.44. The van der Waals surface area contributed by atoms with Crippen LogP contribution in [0.1, 0.15) is 11.1 Å². The molecule has 0 aliphatic heterocycles. The molecule has 0 N–H and O–H groups in total. The number of hydrogen-bond donors (Lipinski definition) is 0. The molecule has 0 spiro atoms. The number of aromatic nitrogens is 2. The van der Waals surface area contributed by atoms with E-state index in [-0.39, 0.29) is 0 Å². The van der Waals surface area contributed by atoms with Gasteiger partial charge < -0.3 is 9.13 Å². The summed E-state index contributed by atoms with van der Waals surface area (Å²) in [6, 6.07) is 84.9. The Hall–Kier alpha value is -8.20. The van der Waals surface area contributed by atoms with Crippen LogP contribution in [0.25, 0.3) is 111 Å². The molecule has 0 fully saturated rings.